The van der Waals surface area contributed by atoms with Crippen molar-refractivity contribution in [1.29, 1.82) is 5.26 Å². The van der Waals surface area contributed by atoms with Gasteiger partial charge in [-0.3, -0.25) is 0 Å². The first-order valence-electron chi connectivity index (χ1n) is 5.91. The molecule has 0 aliphatic heterocycles. The Morgan fingerprint density at radius 1 is 1.31 bits per heavy atom. The third-order valence-corrected chi connectivity index (χ3v) is 4.13. The lowest BCUT2D eigenvalue weighted by Gasteiger charge is -2.46. The topological polar surface area (TPSA) is 53.2 Å². The summed E-state index contributed by atoms with van der Waals surface area (Å²) in [6.07, 6.45) is 3.49. The van der Waals surface area contributed by atoms with Gasteiger partial charge in [-0.05, 0) is 38.0 Å². The lowest BCUT2D eigenvalue weighted by Crippen LogP contribution is -2.51. The van der Waals surface area contributed by atoms with Gasteiger partial charge in [0.15, 0.2) is 0 Å². The number of rotatable bonds is 3. The molecule has 1 fully saturated rings. The molecule has 0 aromatic carbocycles. The molecule has 3 heteroatoms. The van der Waals surface area contributed by atoms with Gasteiger partial charge in [-0.25, -0.2) is 0 Å². The largest absolute Gasteiger partial charge is 0.386 e. The van der Waals surface area contributed by atoms with Crippen LogP contribution in [0.1, 0.15) is 46.5 Å². The van der Waals surface area contributed by atoms with Crippen LogP contribution in [0.5, 0.6) is 0 Å². The molecule has 0 aromatic heterocycles. The molecular formula is C13H23NO2. The molecule has 0 aromatic rings. The van der Waals surface area contributed by atoms with Gasteiger partial charge in [0, 0.05) is 7.11 Å². The highest BCUT2D eigenvalue weighted by molar-refractivity contribution is 5.12. The minimum Gasteiger partial charge on any atom is -0.386 e. The van der Waals surface area contributed by atoms with Crippen molar-refractivity contribution in [1.82, 2.24) is 0 Å². The minimum absolute atomic E-state index is 0.223. The van der Waals surface area contributed by atoms with Crippen LogP contribution in [0.4, 0.5) is 0 Å². The molecule has 1 N–H and O–H groups in total. The molecule has 0 heterocycles. The van der Waals surface area contributed by atoms with Crippen molar-refractivity contribution >= 4 is 0 Å². The van der Waals surface area contributed by atoms with Crippen LogP contribution in [-0.4, -0.2) is 24.4 Å². The van der Waals surface area contributed by atoms with Crippen LogP contribution in [-0.2, 0) is 4.74 Å². The molecule has 1 aliphatic rings. The first-order valence-corrected chi connectivity index (χ1v) is 5.91. The fourth-order valence-corrected chi connectivity index (χ4v) is 2.54. The second kappa shape index (κ2) is 4.35. The summed E-state index contributed by atoms with van der Waals surface area (Å²) >= 11 is 0. The third kappa shape index (κ3) is 2.39. The highest BCUT2D eigenvalue weighted by Gasteiger charge is 2.50. The molecule has 0 saturated heterocycles. The van der Waals surface area contributed by atoms with Gasteiger partial charge < -0.3 is 9.84 Å². The highest BCUT2D eigenvalue weighted by atomic mass is 16.5. The number of nitrogens with zero attached hydrogens (tertiary/aromatic N) is 1. The van der Waals surface area contributed by atoms with E-state index in [0.29, 0.717) is 5.41 Å². The fraction of sp³-hybridized carbons (Fsp3) is 0.923. The second-order valence-corrected chi connectivity index (χ2v) is 6.06. The van der Waals surface area contributed by atoms with Crippen molar-refractivity contribution in [3.8, 4) is 6.07 Å². The molecular weight excluding hydrogens is 202 g/mol. The average Bonchev–Trinajstić information content (AvgIpc) is 2.18. The van der Waals surface area contributed by atoms with Crippen LogP contribution >= 0.6 is 0 Å². The highest BCUT2D eigenvalue weighted by Crippen LogP contribution is 2.50. The Morgan fingerprint density at radius 2 is 1.81 bits per heavy atom. The maximum Gasteiger partial charge on any atom is 0.104 e. The molecule has 3 nitrogen and oxygen atoms in total. The van der Waals surface area contributed by atoms with Gasteiger partial charge >= 0.3 is 0 Å². The lowest BCUT2D eigenvalue weighted by atomic mass is 9.59. The monoisotopic (exact) mass is 225 g/mol. The molecule has 92 valence electrons. The zero-order valence-corrected chi connectivity index (χ0v) is 10.8. The lowest BCUT2D eigenvalue weighted by molar-refractivity contribution is -0.110. The molecule has 0 radical (unpaired) electrons. The predicted octanol–water partition coefficient (Wildman–Crippen LogP) is 2.49. The van der Waals surface area contributed by atoms with Gasteiger partial charge in [-0.2, -0.15) is 5.26 Å². The second-order valence-electron chi connectivity index (χ2n) is 6.06. The Morgan fingerprint density at radius 3 is 2.19 bits per heavy atom. The molecule has 0 amide bonds. The quantitative estimate of drug-likeness (QED) is 0.803. The molecule has 1 atom stereocenters. The summed E-state index contributed by atoms with van der Waals surface area (Å²) in [5.74, 6) is 0. The SMILES string of the molecule is COCC(C)(O)C1(C#N)CCC(C)(C)CC1. The van der Waals surface area contributed by atoms with Gasteiger partial charge in [0.2, 0.25) is 0 Å². The van der Waals surface area contributed by atoms with Crippen LogP contribution in [0.15, 0.2) is 0 Å². The average molecular weight is 225 g/mol. The van der Waals surface area contributed by atoms with Crippen LogP contribution in [0, 0.1) is 22.2 Å². The zero-order chi connectivity index (χ0) is 12.4. The number of nitriles is 1. The van der Waals surface area contributed by atoms with Gasteiger partial charge in [0.05, 0.1) is 18.1 Å². The Balaban J connectivity index is 2.86. The summed E-state index contributed by atoms with van der Waals surface area (Å²) in [7, 11) is 1.56. The van der Waals surface area contributed by atoms with E-state index in [1.165, 1.54) is 0 Å². The van der Waals surface area contributed by atoms with Crippen LogP contribution < -0.4 is 0 Å². The summed E-state index contributed by atoms with van der Waals surface area (Å²) in [6, 6.07) is 2.35. The summed E-state index contributed by atoms with van der Waals surface area (Å²) in [5.41, 5.74) is -1.39. The number of methoxy groups -OCH3 is 1. The molecule has 1 unspecified atom stereocenters. The fourth-order valence-electron chi connectivity index (χ4n) is 2.54. The first kappa shape index (κ1) is 13.5. The van der Waals surface area contributed by atoms with Crippen LogP contribution in [0.3, 0.4) is 0 Å². The zero-order valence-electron chi connectivity index (χ0n) is 10.8. The molecule has 1 saturated carbocycles. The number of aliphatic hydroxyl groups is 1. The van der Waals surface area contributed by atoms with E-state index >= 15 is 0 Å². The third-order valence-electron chi connectivity index (χ3n) is 4.13. The van der Waals surface area contributed by atoms with Crippen molar-refractivity contribution in [2.24, 2.45) is 10.8 Å². The normalized spacial score (nSPS) is 26.8. The van der Waals surface area contributed by atoms with Crippen molar-refractivity contribution < 1.29 is 9.84 Å². The predicted molar refractivity (Wildman–Crippen MR) is 62.8 cm³/mol. The Labute approximate surface area is 98.4 Å². The first-order chi connectivity index (χ1) is 7.29. The standard InChI is InChI=1S/C13H23NO2/c1-11(2)5-7-13(9-14,8-6-11)12(3,15)10-16-4/h15H,5-8,10H2,1-4H3. The Bertz CT molecular complexity index is 279. The summed E-state index contributed by atoms with van der Waals surface area (Å²) in [6.45, 7) is 6.39. The summed E-state index contributed by atoms with van der Waals surface area (Å²) < 4.78 is 5.04. The van der Waals surface area contributed by atoms with E-state index in [9.17, 15) is 10.4 Å². The van der Waals surface area contributed by atoms with Crippen molar-refractivity contribution in [2.75, 3.05) is 13.7 Å². The van der Waals surface area contributed by atoms with E-state index in [2.05, 4.69) is 19.9 Å². The van der Waals surface area contributed by atoms with E-state index < -0.39 is 11.0 Å². The molecule has 1 aliphatic carbocycles. The van der Waals surface area contributed by atoms with Crippen LogP contribution in [0.2, 0.25) is 0 Å². The van der Waals surface area contributed by atoms with Crippen molar-refractivity contribution in [2.45, 2.75) is 52.1 Å². The smallest absolute Gasteiger partial charge is 0.104 e. The number of hydrogen-bond donors (Lipinski definition) is 1. The Hall–Kier alpha value is -0.590. The van der Waals surface area contributed by atoms with Gasteiger partial charge in [0.25, 0.3) is 0 Å². The molecule has 0 spiro atoms. The maximum atomic E-state index is 10.4. The summed E-state index contributed by atoms with van der Waals surface area (Å²) in [5, 5.41) is 19.8. The summed E-state index contributed by atoms with van der Waals surface area (Å²) in [4.78, 5) is 0. The van der Waals surface area contributed by atoms with E-state index in [1.807, 2.05) is 0 Å². The van der Waals surface area contributed by atoms with Crippen molar-refractivity contribution in [3.05, 3.63) is 0 Å². The van der Waals surface area contributed by atoms with Gasteiger partial charge in [-0.1, -0.05) is 13.8 Å². The van der Waals surface area contributed by atoms with E-state index in [0.717, 1.165) is 25.7 Å². The molecule has 0 bridgehead atoms. The van der Waals surface area contributed by atoms with E-state index in [1.54, 1.807) is 14.0 Å². The van der Waals surface area contributed by atoms with Gasteiger partial charge in [-0.15, -0.1) is 0 Å². The number of hydrogen-bond acceptors (Lipinski definition) is 3. The number of ether oxygens (including phenoxy) is 1. The van der Waals surface area contributed by atoms with E-state index in [-0.39, 0.29) is 6.61 Å². The van der Waals surface area contributed by atoms with Crippen LogP contribution in [0.25, 0.3) is 0 Å². The van der Waals surface area contributed by atoms with Crippen molar-refractivity contribution in [3.63, 3.8) is 0 Å². The van der Waals surface area contributed by atoms with Gasteiger partial charge in [0.1, 0.15) is 5.60 Å². The molecule has 16 heavy (non-hydrogen) atoms. The maximum absolute atomic E-state index is 10.4. The minimum atomic E-state index is -1.05. The van der Waals surface area contributed by atoms with E-state index in [4.69, 9.17) is 4.74 Å². The Kier molecular flexibility index (Phi) is 3.66. The molecule has 1 rings (SSSR count).